The smallest absolute Gasteiger partial charge is 0.342 e. The number of nitrogens with zero attached hydrogens (tertiary/aromatic N) is 4. The van der Waals surface area contributed by atoms with Crippen LogP contribution >= 0.6 is 0 Å². The lowest BCUT2D eigenvalue weighted by Crippen LogP contribution is -2.19. The van der Waals surface area contributed by atoms with Crippen molar-refractivity contribution in [3.63, 3.8) is 0 Å². The second-order valence-corrected chi connectivity index (χ2v) is 4.41. The van der Waals surface area contributed by atoms with Crippen molar-refractivity contribution < 1.29 is 13.2 Å². The average Bonchev–Trinajstić information content (AvgIpc) is 2.90. The summed E-state index contributed by atoms with van der Waals surface area (Å²) in [6.45, 7) is 0.647. The maximum atomic E-state index is 12.5. The summed E-state index contributed by atoms with van der Waals surface area (Å²) in [5, 5.41) is 3.62. The second kappa shape index (κ2) is 4.32. The molecule has 1 N–H and O–H groups in total. The molecule has 8 heteroatoms. The highest BCUT2D eigenvalue weighted by molar-refractivity contribution is 5.80. The standard InChI is InChI=1S/C12H10F3N5/c1-7-18-9-3-2-8(4-10(9)19-7)11-16-6-17-20(11)5-12(13,14)15/h2-4,6H,5H2,1H3,(H,18,19). The van der Waals surface area contributed by atoms with Gasteiger partial charge in [-0.3, -0.25) is 0 Å². The fourth-order valence-electron chi connectivity index (χ4n) is 2.05. The van der Waals surface area contributed by atoms with Gasteiger partial charge in [-0.25, -0.2) is 14.6 Å². The van der Waals surface area contributed by atoms with Gasteiger partial charge in [0, 0.05) is 5.56 Å². The van der Waals surface area contributed by atoms with Crippen molar-refractivity contribution in [1.29, 1.82) is 0 Å². The fraction of sp³-hybridized carbons (Fsp3) is 0.250. The summed E-state index contributed by atoms with van der Waals surface area (Å²) in [6, 6.07) is 5.13. The number of nitrogens with one attached hydrogen (secondary N) is 1. The zero-order valence-corrected chi connectivity index (χ0v) is 10.4. The molecule has 2 heterocycles. The number of hydrogen-bond acceptors (Lipinski definition) is 3. The lowest BCUT2D eigenvalue weighted by molar-refractivity contribution is -0.142. The molecule has 2 aromatic heterocycles. The number of aromatic nitrogens is 5. The van der Waals surface area contributed by atoms with Gasteiger partial charge in [0.1, 0.15) is 18.7 Å². The van der Waals surface area contributed by atoms with Crippen LogP contribution in [0.2, 0.25) is 0 Å². The highest BCUT2D eigenvalue weighted by Crippen LogP contribution is 2.24. The van der Waals surface area contributed by atoms with Crippen LogP contribution in [0.5, 0.6) is 0 Å². The Hall–Kier alpha value is -2.38. The van der Waals surface area contributed by atoms with Crippen LogP contribution in [0.25, 0.3) is 22.4 Å². The van der Waals surface area contributed by atoms with E-state index in [-0.39, 0.29) is 5.82 Å². The quantitative estimate of drug-likeness (QED) is 0.785. The molecule has 0 radical (unpaired) electrons. The molecule has 0 spiro atoms. The van der Waals surface area contributed by atoms with Gasteiger partial charge in [0.15, 0.2) is 5.82 Å². The minimum atomic E-state index is -4.34. The highest BCUT2D eigenvalue weighted by Gasteiger charge is 2.30. The number of rotatable bonds is 2. The largest absolute Gasteiger partial charge is 0.408 e. The van der Waals surface area contributed by atoms with E-state index in [1.165, 1.54) is 0 Å². The summed E-state index contributed by atoms with van der Waals surface area (Å²) in [5.74, 6) is 0.922. The van der Waals surface area contributed by atoms with Gasteiger partial charge in [0.25, 0.3) is 0 Å². The van der Waals surface area contributed by atoms with Crippen LogP contribution in [0, 0.1) is 6.92 Å². The van der Waals surface area contributed by atoms with Gasteiger partial charge in [-0.15, -0.1) is 0 Å². The van der Waals surface area contributed by atoms with E-state index in [1.54, 1.807) is 18.2 Å². The van der Waals surface area contributed by atoms with Crippen LogP contribution in [0.15, 0.2) is 24.5 Å². The third-order valence-corrected chi connectivity index (χ3v) is 2.80. The molecule has 0 saturated carbocycles. The zero-order valence-electron chi connectivity index (χ0n) is 10.4. The number of benzene rings is 1. The first-order valence-corrected chi connectivity index (χ1v) is 5.84. The third kappa shape index (κ3) is 2.36. The molecule has 3 rings (SSSR count). The molecule has 0 aliphatic heterocycles. The molecule has 0 amide bonds. The number of halogens is 3. The summed E-state index contributed by atoms with van der Waals surface area (Å²) in [6.07, 6.45) is -3.22. The number of hydrogen-bond donors (Lipinski definition) is 1. The van der Waals surface area contributed by atoms with E-state index in [4.69, 9.17) is 0 Å². The summed E-state index contributed by atoms with van der Waals surface area (Å²) < 4.78 is 38.2. The van der Waals surface area contributed by atoms with E-state index in [2.05, 4.69) is 20.1 Å². The molecule has 0 saturated heterocycles. The van der Waals surface area contributed by atoms with Crippen LogP contribution in [0.3, 0.4) is 0 Å². The number of H-pyrrole nitrogens is 1. The minimum absolute atomic E-state index is 0.177. The van der Waals surface area contributed by atoms with Crippen molar-refractivity contribution in [2.45, 2.75) is 19.6 Å². The molecule has 104 valence electrons. The Balaban J connectivity index is 2.04. The normalized spacial score (nSPS) is 12.2. The van der Waals surface area contributed by atoms with E-state index < -0.39 is 12.7 Å². The molecule has 0 atom stereocenters. The van der Waals surface area contributed by atoms with E-state index in [1.807, 2.05) is 6.92 Å². The van der Waals surface area contributed by atoms with Gasteiger partial charge in [0.05, 0.1) is 11.0 Å². The number of imidazole rings is 1. The van der Waals surface area contributed by atoms with Crippen molar-refractivity contribution in [1.82, 2.24) is 24.7 Å². The molecule has 0 aliphatic carbocycles. The van der Waals surface area contributed by atoms with Crippen LogP contribution in [-0.2, 0) is 6.54 Å². The highest BCUT2D eigenvalue weighted by atomic mass is 19.4. The van der Waals surface area contributed by atoms with E-state index in [0.717, 1.165) is 27.9 Å². The predicted molar refractivity (Wildman–Crippen MR) is 65.9 cm³/mol. The fourth-order valence-corrected chi connectivity index (χ4v) is 2.05. The Kier molecular flexibility index (Phi) is 2.73. The van der Waals surface area contributed by atoms with Crippen molar-refractivity contribution in [2.24, 2.45) is 0 Å². The van der Waals surface area contributed by atoms with Crippen molar-refractivity contribution in [3.05, 3.63) is 30.4 Å². The Labute approximate surface area is 111 Å². The molecule has 0 unspecified atom stereocenters. The molecule has 0 aliphatic rings. The Bertz CT molecular complexity index is 756. The molecule has 5 nitrogen and oxygen atoms in total. The van der Waals surface area contributed by atoms with E-state index >= 15 is 0 Å². The van der Waals surface area contributed by atoms with Crippen molar-refractivity contribution >= 4 is 11.0 Å². The SMILES string of the molecule is Cc1nc2ccc(-c3ncnn3CC(F)(F)F)cc2[nH]1. The van der Waals surface area contributed by atoms with Crippen LogP contribution in [0.4, 0.5) is 13.2 Å². The summed E-state index contributed by atoms with van der Waals surface area (Å²) in [5.41, 5.74) is 2.07. The molecule has 0 fully saturated rings. The Morgan fingerprint density at radius 1 is 1.30 bits per heavy atom. The molecular weight excluding hydrogens is 271 g/mol. The van der Waals surface area contributed by atoms with Gasteiger partial charge in [0.2, 0.25) is 0 Å². The molecule has 3 aromatic rings. The number of fused-ring (bicyclic) bond motifs is 1. The summed E-state index contributed by atoms with van der Waals surface area (Å²) in [4.78, 5) is 11.2. The lowest BCUT2D eigenvalue weighted by Gasteiger charge is -2.08. The first kappa shape index (κ1) is 12.6. The number of alkyl halides is 3. The van der Waals surface area contributed by atoms with Gasteiger partial charge < -0.3 is 4.98 Å². The Morgan fingerprint density at radius 3 is 2.85 bits per heavy atom. The van der Waals surface area contributed by atoms with Gasteiger partial charge in [-0.2, -0.15) is 18.3 Å². The number of aromatic amines is 1. The maximum Gasteiger partial charge on any atom is 0.408 e. The Morgan fingerprint density at radius 2 is 2.10 bits per heavy atom. The third-order valence-electron chi connectivity index (χ3n) is 2.80. The summed E-state index contributed by atoms with van der Waals surface area (Å²) >= 11 is 0. The number of aryl methyl sites for hydroxylation is 1. The molecule has 0 bridgehead atoms. The van der Waals surface area contributed by atoms with Crippen molar-refractivity contribution in [3.8, 4) is 11.4 Å². The predicted octanol–water partition coefficient (Wildman–Crippen LogP) is 2.69. The van der Waals surface area contributed by atoms with Crippen LogP contribution in [0.1, 0.15) is 5.82 Å². The first-order valence-electron chi connectivity index (χ1n) is 5.84. The minimum Gasteiger partial charge on any atom is -0.342 e. The molecular formula is C12H10F3N5. The first-order chi connectivity index (χ1) is 9.42. The van der Waals surface area contributed by atoms with Crippen molar-refractivity contribution in [2.75, 3.05) is 0 Å². The topological polar surface area (TPSA) is 59.4 Å². The summed E-state index contributed by atoms with van der Waals surface area (Å²) in [7, 11) is 0. The maximum absolute atomic E-state index is 12.5. The zero-order chi connectivity index (χ0) is 14.3. The monoisotopic (exact) mass is 281 g/mol. The average molecular weight is 281 g/mol. The van der Waals surface area contributed by atoms with Crippen LogP contribution in [-0.4, -0.2) is 30.9 Å². The van der Waals surface area contributed by atoms with Gasteiger partial charge >= 0.3 is 6.18 Å². The second-order valence-electron chi connectivity index (χ2n) is 4.41. The van der Waals surface area contributed by atoms with Gasteiger partial charge in [-0.1, -0.05) is 0 Å². The van der Waals surface area contributed by atoms with Gasteiger partial charge in [-0.05, 0) is 25.1 Å². The molecule has 20 heavy (non-hydrogen) atoms. The van der Waals surface area contributed by atoms with Crippen LogP contribution < -0.4 is 0 Å². The molecule has 1 aromatic carbocycles. The van der Waals surface area contributed by atoms with E-state index in [9.17, 15) is 13.2 Å². The van der Waals surface area contributed by atoms with E-state index in [0.29, 0.717) is 5.56 Å². The lowest BCUT2D eigenvalue weighted by atomic mass is 10.2.